The van der Waals surface area contributed by atoms with Gasteiger partial charge in [0.2, 0.25) is 11.7 Å². The van der Waals surface area contributed by atoms with Crippen LogP contribution in [0.3, 0.4) is 0 Å². The lowest BCUT2D eigenvalue weighted by molar-refractivity contribution is 0.0495. The molecule has 0 bridgehead atoms. The number of rotatable bonds is 8. The van der Waals surface area contributed by atoms with Gasteiger partial charge in [-0.15, -0.1) is 0 Å². The molecule has 0 unspecified atom stereocenters. The Hall–Kier alpha value is -4.21. The highest BCUT2D eigenvalue weighted by atomic mass is 16.5. The van der Waals surface area contributed by atoms with E-state index < -0.39 is 11.7 Å². The fourth-order valence-corrected chi connectivity index (χ4v) is 3.11. The zero-order valence-corrected chi connectivity index (χ0v) is 17.2. The minimum absolute atomic E-state index is 0.0625. The summed E-state index contributed by atoms with van der Waals surface area (Å²) in [5.74, 6) is 0.913. The van der Waals surface area contributed by atoms with Gasteiger partial charge in [0.1, 0.15) is 5.75 Å². The monoisotopic (exact) mass is 436 g/mol. The van der Waals surface area contributed by atoms with Crippen LogP contribution >= 0.6 is 0 Å². The van der Waals surface area contributed by atoms with Gasteiger partial charge in [0.05, 0.1) is 23.1 Å². The number of nitrogens with zero attached hydrogens (tertiary/aromatic N) is 3. The van der Waals surface area contributed by atoms with Gasteiger partial charge in [-0.05, 0) is 42.8 Å². The van der Waals surface area contributed by atoms with E-state index in [0.29, 0.717) is 40.4 Å². The van der Waals surface area contributed by atoms with E-state index in [-0.39, 0.29) is 25.3 Å². The summed E-state index contributed by atoms with van der Waals surface area (Å²) in [5.41, 5.74) is -0.0210. The fraction of sp³-hybridized carbons (Fsp3) is 0.227. The predicted molar refractivity (Wildman–Crippen MR) is 114 cm³/mol. The number of esters is 1. The van der Waals surface area contributed by atoms with E-state index in [2.05, 4.69) is 15.1 Å². The Labute approximate surface area is 181 Å². The Morgan fingerprint density at radius 3 is 2.66 bits per heavy atom. The van der Waals surface area contributed by atoms with E-state index in [1.54, 1.807) is 55.5 Å². The molecule has 0 fully saturated rings. The molecule has 4 rings (SSSR count). The third-order valence-corrected chi connectivity index (χ3v) is 4.68. The second kappa shape index (κ2) is 9.29. The number of aromatic amines is 1. The van der Waals surface area contributed by atoms with Gasteiger partial charge in [-0.25, -0.2) is 9.59 Å². The van der Waals surface area contributed by atoms with Crippen LogP contribution in [-0.4, -0.2) is 32.3 Å². The molecule has 2 heterocycles. The first-order valence-corrected chi connectivity index (χ1v) is 9.92. The topological polar surface area (TPSA) is 129 Å². The molecule has 4 aromatic rings. The normalized spacial score (nSPS) is 10.9. The molecular formula is C22H20N4O6. The molecule has 2 aromatic heterocycles. The van der Waals surface area contributed by atoms with Gasteiger partial charge in [0.25, 0.3) is 5.56 Å². The molecule has 0 radical (unpaired) electrons. The second-order valence-electron chi connectivity index (χ2n) is 6.96. The number of carbonyl (C=O) groups excluding carboxylic acids is 1. The van der Waals surface area contributed by atoms with E-state index in [1.807, 2.05) is 0 Å². The van der Waals surface area contributed by atoms with Crippen molar-refractivity contribution in [3.05, 3.63) is 86.6 Å². The van der Waals surface area contributed by atoms with E-state index in [9.17, 15) is 14.4 Å². The maximum absolute atomic E-state index is 12.5. The smallest absolute Gasteiger partial charge is 0.338 e. The van der Waals surface area contributed by atoms with Gasteiger partial charge < -0.3 is 19.0 Å². The highest BCUT2D eigenvalue weighted by Gasteiger charge is 2.10. The number of ether oxygens (including phenoxy) is 2. The van der Waals surface area contributed by atoms with Crippen LogP contribution < -0.4 is 16.0 Å². The van der Waals surface area contributed by atoms with Crippen molar-refractivity contribution >= 4 is 16.9 Å². The van der Waals surface area contributed by atoms with E-state index in [4.69, 9.17) is 14.0 Å². The van der Waals surface area contributed by atoms with Crippen LogP contribution in [0, 0.1) is 6.92 Å². The molecule has 2 aromatic carbocycles. The molecular weight excluding hydrogens is 416 g/mol. The Kier molecular flexibility index (Phi) is 6.11. The van der Waals surface area contributed by atoms with E-state index >= 15 is 0 Å². The maximum Gasteiger partial charge on any atom is 0.338 e. The first-order valence-electron chi connectivity index (χ1n) is 9.92. The molecule has 164 valence electrons. The van der Waals surface area contributed by atoms with Crippen LogP contribution in [0.15, 0.2) is 62.6 Å². The average molecular weight is 436 g/mol. The van der Waals surface area contributed by atoms with Crippen molar-refractivity contribution in [1.29, 1.82) is 0 Å². The SMILES string of the molecule is Cc1nc(COc2ccc(C(=O)OCCCn3c(=O)[nH]c4ccccc4c3=O)cc2)no1. The van der Waals surface area contributed by atoms with E-state index in [1.165, 1.54) is 0 Å². The van der Waals surface area contributed by atoms with Gasteiger partial charge in [-0.3, -0.25) is 9.36 Å². The quantitative estimate of drug-likeness (QED) is 0.329. The summed E-state index contributed by atoms with van der Waals surface area (Å²) in [4.78, 5) is 43.6. The Balaban J connectivity index is 1.28. The molecule has 32 heavy (non-hydrogen) atoms. The first-order chi connectivity index (χ1) is 15.5. The van der Waals surface area contributed by atoms with Crippen LogP contribution in [0.1, 0.15) is 28.5 Å². The van der Waals surface area contributed by atoms with Crippen molar-refractivity contribution in [2.24, 2.45) is 0 Å². The molecule has 10 nitrogen and oxygen atoms in total. The molecule has 0 aliphatic rings. The summed E-state index contributed by atoms with van der Waals surface area (Å²) in [6, 6.07) is 13.2. The molecule has 0 spiro atoms. The molecule has 0 aliphatic carbocycles. The summed E-state index contributed by atoms with van der Waals surface area (Å²) in [6.45, 7) is 2.03. The van der Waals surface area contributed by atoms with Crippen LogP contribution in [0.5, 0.6) is 5.75 Å². The van der Waals surface area contributed by atoms with Gasteiger partial charge >= 0.3 is 11.7 Å². The number of para-hydroxylation sites is 1. The lowest BCUT2D eigenvalue weighted by atomic mass is 10.2. The van der Waals surface area contributed by atoms with Gasteiger partial charge in [-0.1, -0.05) is 17.3 Å². The third kappa shape index (κ3) is 4.75. The molecule has 0 aliphatic heterocycles. The molecule has 10 heteroatoms. The first kappa shape index (κ1) is 21.0. The largest absolute Gasteiger partial charge is 0.485 e. The highest BCUT2D eigenvalue weighted by Crippen LogP contribution is 2.14. The van der Waals surface area contributed by atoms with Crippen LogP contribution in [0.2, 0.25) is 0 Å². The Morgan fingerprint density at radius 2 is 1.91 bits per heavy atom. The Morgan fingerprint density at radius 1 is 1.12 bits per heavy atom. The minimum atomic E-state index is -0.509. The number of fused-ring (bicyclic) bond motifs is 1. The number of H-pyrrole nitrogens is 1. The number of hydrogen-bond donors (Lipinski definition) is 1. The summed E-state index contributed by atoms with van der Waals surface area (Å²) in [5, 5.41) is 4.17. The standard InChI is InChI=1S/C22H20N4O6/c1-14-23-19(25-32-14)13-31-16-9-7-15(8-10-16)21(28)30-12-4-11-26-20(27)17-5-2-3-6-18(17)24-22(26)29/h2-3,5-10H,4,11-13H2,1H3,(H,24,29). The Bertz CT molecular complexity index is 1350. The molecule has 0 saturated heterocycles. The number of hydrogen-bond acceptors (Lipinski definition) is 8. The number of carbonyl (C=O) groups is 1. The van der Waals surface area contributed by atoms with Crippen molar-refractivity contribution in [3.8, 4) is 5.75 Å². The molecule has 1 N–H and O–H groups in total. The second-order valence-corrected chi connectivity index (χ2v) is 6.96. The minimum Gasteiger partial charge on any atom is -0.485 e. The lowest BCUT2D eigenvalue weighted by Crippen LogP contribution is -2.35. The van der Waals surface area contributed by atoms with Crippen molar-refractivity contribution < 1.29 is 18.8 Å². The van der Waals surface area contributed by atoms with Crippen LogP contribution in [0.25, 0.3) is 10.9 Å². The number of benzene rings is 2. The average Bonchev–Trinajstić information content (AvgIpc) is 3.22. The maximum atomic E-state index is 12.5. The lowest BCUT2D eigenvalue weighted by Gasteiger charge is -2.08. The zero-order valence-electron chi connectivity index (χ0n) is 17.2. The molecule has 0 atom stereocenters. The predicted octanol–water partition coefficient (Wildman–Crippen LogP) is 2.21. The number of nitrogens with one attached hydrogen (secondary N) is 1. The molecule has 0 saturated carbocycles. The number of aromatic nitrogens is 4. The van der Waals surface area contributed by atoms with Crippen molar-refractivity contribution in [1.82, 2.24) is 19.7 Å². The van der Waals surface area contributed by atoms with Gasteiger partial charge in [0, 0.05) is 13.5 Å². The van der Waals surface area contributed by atoms with Crippen molar-refractivity contribution in [2.75, 3.05) is 6.61 Å². The summed E-state index contributed by atoms with van der Waals surface area (Å²) >= 11 is 0. The highest BCUT2D eigenvalue weighted by molar-refractivity contribution is 5.89. The van der Waals surface area contributed by atoms with Gasteiger partial charge in [-0.2, -0.15) is 4.98 Å². The van der Waals surface area contributed by atoms with Crippen molar-refractivity contribution in [3.63, 3.8) is 0 Å². The van der Waals surface area contributed by atoms with Gasteiger partial charge in [0.15, 0.2) is 6.61 Å². The fourth-order valence-electron chi connectivity index (χ4n) is 3.11. The summed E-state index contributed by atoms with van der Waals surface area (Å²) in [6.07, 6.45) is 0.318. The number of aryl methyl sites for hydroxylation is 1. The van der Waals surface area contributed by atoms with E-state index in [0.717, 1.165) is 4.57 Å². The van der Waals surface area contributed by atoms with Crippen LogP contribution in [-0.2, 0) is 17.9 Å². The zero-order chi connectivity index (χ0) is 22.5. The van der Waals surface area contributed by atoms with Crippen molar-refractivity contribution in [2.45, 2.75) is 26.5 Å². The molecule has 0 amide bonds. The summed E-state index contributed by atoms with van der Waals surface area (Å²) < 4.78 is 16.8. The van der Waals surface area contributed by atoms with Crippen LogP contribution in [0.4, 0.5) is 0 Å². The summed E-state index contributed by atoms with van der Waals surface area (Å²) in [7, 11) is 0. The third-order valence-electron chi connectivity index (χ3n) is 4.68.